The van der Waals surface area contributed by atoms with E-state index < -0.39 is 0 Å². The Morgan fingerprint density at radius 3 is 2.45 bits per heavy atom. The summed E-state index contributed by atoms with van der Waals surface area (Å²) in [6.07, 6.45) is 3.37. The standard InChI is InChI=1S/C33H37Cl2N5O4/c1-36-33(43)39-18-16-38(17-19-39)15-14-25-7-5-6-22-20-23(34)10-13-29(22)40(25)32(42)27-12-11-24(21-30(27)44-2)37-31(41)26-8-3-4-9-28(26)35/h3-4,8-13,20-21,25H,5-7,14-19H2,1-2H3,(H,36,43)(H,37,41). The van der Waals surface area contributed by atoms with E-state index in [1.807, 2.05) is 28.0 Å². The van der Waals surface area contributed by atoms with Crippen LogP contribution in [0.25, 0.3) is 0 Å². The van der Waals surface area contributed by atoms with Crippen LogP contribution in [0.5, 0.6) is 5.75 Å². The van der Waals surface area contributed by atoms with Crippen molar-refractivity contribution < 1.29 is 19.1 Å². The number of anilines is 2. The van der Waals surface area contributed by atoms with Gasteiger partial charge in [-0.25, -0.2) is 4.79 Å². The van der Waals surface area contributed by atoms with Crippen LogP contribution >= 0.6 is 23.2 Å². The molecular formula is C33H37Cl2N5O4. The lowest BCUT2D eigenvalue weighted by Crippen LogP contribution is -2.52. The number of piperazine rings is 1. The van der Waals surface area contributed by atoms with Crippen LogP contribution in [-0.4, -0.2) is 80.6 Å². The second kappa shape index (κ2) is 14.3. The number of methoxy groups -OCH3 is 1. The number of hydrogen-bond donors (Lipinski definition) is 2. The number of carbonyl (C=O) groups excluding carboxylic acids is 3. The molecule has 0 saturated carbocycles. The number of nitrogens with one attached hydrogen (secondary N) is 2. The monoisotopic (exact) mass is 637 g/mol. The van der Waals surface area contributed by atoms with E-state index in [1.54, 1.807) is 49.5 Å². The van der Waals surface area contributed by atoms with Gasteiger partial charge in [-0.1, -0.05) is 35.3 Å². The molecule has 2 heterocycles. The average Bonchev–Trinajstić information content (AvgIpc) is 3.22. The maximum Gasteiger partial charge on any atom is 0.317 e. The van der Waals surface area contributed by atoms with E-state index in [0.29, 0.717) is 45.7 Å². The van der Waals surface area contributed by atoms with Crippen LogP contribution in [0.1, 0.15) is 45.5 Å². The van der Waals surface area contributed by atoms with E-state index >= 15 is 0 Å². The van der Waals surface area contributed by atoms with E-state index in [1.165, 1.54) is 7.11 Å². The van der Waals surface area contributed by atoms with E-state index in [0.717, 1.165) is 56.6 Å². The molecule has 2 aliphatic rings. The third-order valence-corrected chi connectivity index (χ3v) is 8.89. The van der Waals surface area contributed by atoms with Crippen LogP contribution in [0, 0.1) is 0 Å². The van der Waals surface area contributed by atoms with E-state index in [9.17, 15) is 14.4 Å². The molecule has 0 aromatic heterocycles. The van der Waals surface area contributed by atoms with E-state index in [2.05, 4.69) is 15.5 Å². The first kappa shape index (κ1) is 31.6. The summed E-state index contributed by atoms with van der Waals surface area (Å²) in [5.41, 5.74) is 3.12. The molecule has 1 atom stereocenters. The minimum absolute atomic E-state index is 0.0498. The molecule has 11 heteroatoms. The van der Waals surface area contributed by atoms with Crippen LogP contribution < -0.4 is 20.3 Å². The highest BCUT2D eigenvalue weighted by molar-refractivity contribution is 6.34. The van der Waals surface area contributed by atoms with Gasteiger partial charge >= 0.3 is 6.03 Å². The molecule has 1 fully saturated rings. The molecule has 9 nitrogen and oxygen atoms in total. The maximum absolute atomic E-state index is 14.4. The van der Waals surface area contributed by atoms with Gasteiger partial charge in [-0.05, 0) is 73.7 Å². The molecule has 0 spiro atoms. The molecule has 4 amide bonds. The van der Waals surface area contributed by atoms with Gasteiger partial charge in [0.1, 0.15) is 5.75 Å². The van der Waals surface area contributed by atoms with Crippen LogP contribution in [0.4, 0.5) is 16.2 Å². The zero-order valence-electron chi connectivity index (χ0n) is 24.9. The van der Waals surface area contributed by atoms with E-state index in [4.69, 9.17) is 27.9 Å². The maximum atomic E-state index is 14.4. The Morgan fingerprint density at radius 2 is 1.73 bits per heavy atom. The fraction of sp³-hybridized carbons (Fsp3) is 0.364. The van der Waals surface area contributed by atoms with E-state index in [-0.39, 0.29) is 23.9 Å². The normalized spacial score (nSPS) is 17.0. The van der Waals surface area contributed by atoms with Crippen LogP contribution in [-0.2, 0) is 6.42 Å². The number of urea groups is 1. The lowest BCUT2D eigenvalue weighted by atomic mass is 10.0. The summed E-state index contributed by atoms with van der Waals surface area (Å²) in [5, 5.41) is 6.54. The number of halogens is 2. The first-order valence-corrected chi connectivity index (χ1v) is 15.6. The van der Waals surface area contributed by atoms with Crippen molar-refractivity contribution in [2.75, 3.05) is 57.1 Å². The number of amides is 4. The summed E-state index contributed by atoms with van der Waals surface area (Å²) in [5.74, 6) is -0.173. The molecular weight excluding hydrogens is 601 g/mol. The van der Waals surface area contributed by atoms with Crippen LogP contribution in [0.2, 0.25) is 10.0 Å². The van der Waals surface area contributed by atoms with Crippen molar-refractivity contribution in [3.8, 4) is 5.75 Å². The lowest BCUT2D eigenvalue weighted by molar-refractivity contribution is 0.0964. The first-order valence-electron chi connectivity index (χ1n) is 14.8. The van der Waals surface area contributed by atoms with Gasteiger partial charge in [-0.3, -0.25) is 14.5 Å². The zero-order chi connectivity index (χ0) is 31.2. The number of ether oxygens (including phenoxy) is 1. The molecule has 3 aromatic carbocycles. The van der Waals surface area contributed by atoms with Gasteiger partial charge in [0.2, 0.25) is 0 Å². The number of fused-ring (bicyclic) bond motifs is 1. The number of nitrogens with zero attached hydrogens (tertiary/aromatic N) is 3. The largest absolute Gasteiger partial charge is 0.496 e. The number of aryl methyl sites for hydroxylation is 1. The van der Waals surface area contributed by atoms with Crippen molar-refractivity contribution in [3.63, 3.8) is 0 Å². The second-order valence-corrected chi connectivity index (χ2v) is 11.9. The Labute approximate surface area is 268 Å². The predicted octanol–water partition coefficient (Wildman–Crippen LogP) is 5.95. The van der Waals surface area contributed by atoms with Crippen molar-refractivity contribution in [1.82, 2.24) is 15.1 Å². The summed E-state index contributed by atoms with van der Waals surface area (Å²) in [4.78, 5) is 45.4. The lowest BCUT2D eigenvalue weighted by Gasteiger charge is -2.37. The Morgan fingerprint density at radius 1 is 0.955 bits per heavy atom. The molecule has 5 rings (SSSR count). The van der Waals surface area contributed by atoms with Gasteiger partial charge in [-0.2, -0.15) is 0 Å². The molecule has 1 saturated heterocycles. The van der Waals surface area contributed by atoms with Crippen molar-refractivity contribution >= 4 is 52.4 Å². The summed E-state index contributed by atoms with van der Waals surface area (Å²) in [7, 11) is 3.16. The third-order valence-electron chi connectivity index (χ3n) is 8.33. The quantitative estimate of drug-likeness (QED) is 0.334. The third kappa shape index (κ3) is 7.12. The molecule has 0 aliphatic carbocycles. The highest BCUT2D eigenvalue weighted by Crippen LogP contribution is 2.36. The van der Waals surface area contributed by atoms with Gasteiger partial charge in [0.05, 0.1) is 23.3 Å². The van der Waals surface area contributed by atoms with Gasteiger partial charge in [0, 0.05) is 68.3 Å². The fourth-order valence-electron chi connectivity index (χ4n) is 5.98. The summed E-state index contributed by atoms with van der Waals surface area (Å²) < 4.78 is 5.68. The summed E-state index contributed by atoms with van der Waals surface area (Å²) >= 11 is 12.6. The Balaban J connectivity index is 1.38. The second-order valence-electron chi connectivity index (χ2n) is 11.0. The molecule has 0 bridgehead atoms. The van der Waals surface area contributed by atoms with Crippen molar-refractivity contribution in [2.24, 2.45) is 0 Å². The van der Waals surface area contributed by atoms with Gasteiger partial charge < -0.3 is 25.2 Å². The number of hydrogen-bond acceptors (Lipinski definition) is 5. The summed E-state index contributed by atoms with van der Waals surface area (Å²) in [6.45, 7) is 3.73. The molecule has 1 unspecified atom stereocenters. The van der Waals surface area contributed by atoms with Crippen molar-refractivity contribution in [3.05, 3.63) is 87.4 Å². The minimum atomic E-state index is -0.355. The van der Waals surface area contributed by atoms with Crippen molar-refractivity contribution in [2.45, 2.75) is 31.7 Å². The highest BCUT2D eigenvalue weighted by atomic mass is 35.5. The van der Waals surface area contributed by atoms with Gasteiger partial charge in [0.15, 0.2) is 0 Å². The topological polar surface area (TPSA) is 94.2 Å². The predicted molar refractivity (Wildman–Crippen MR) is 174 cm³/mol. The Bertz CT molecular complexity index is 1530. The molecule has 44 heavy (non-hydrogen) atoms. The van der Waals surface area contributed by atoms with Crippen LogP contribution in [0.15, 0.2) is 60.7 Å². The Hall–Kier alpha value is -3.79. The number of carbonyl (C=O) groups is 3. The zero-order valence-corrected chi connectivity index (χ0v) is 26.5. The minimum Gasteiger partial charge on any atom is -0.496 e. The first-order chi connectivity index (χ1) is 21.3. The fourth-order valence-corrected chi connectivity index (χ4v) is 6.39. The molecule has 232 valence electrons. The number of benzene rings is 3. The number of rotatable bonds is 7. The average molecular weight is 639 g/mol. The van der Waals surface area contributed by atoms with Gasteiger partial charge in [-0.15, -0.1) is 0 Å². The summed E-state index contributed by atoms with van der Waals surface area (Å²) in [6, 6.07) is 17.5. The molecule has 3 aromatic rings. The van der Waals surface area contributed by atoms with Crippen molar-refractivity contribution in [1.29, 1.82) is 0 Å². The smallest absolute Gasteiger partial charge is 0.317 e. The van der Waals surface area contributed by atoms with Gasteiger partial charge in [0.25, 0.3) is 11.8 Å². The molecule has 2 N–H and O–H groups in total. The molecule has 2 aliphatic heterocycles. The SMILES string of the molecule is CNC(=O)N1CCN(CCC2CCCc3cc(Cl)ccc3N2C(=O)c2ccc(NC(=O)c3ccccc3Cl)cc2OC)CC1. The highest BCUT2D eigenvalue weighted by Gasteiger charge is 2.32. The molecule has 0 radical (unpaired) electrons. The van der Waals surface area contributed by atoms with Crippen LogP contribution in [0.3, 0.4) is 0 Å². The Kier molecular flexibility index (Phi) is 10.3.